The molecule has 0 saturated heterocycles. The summed E-state index contributed by atoms with van der Waals surface area (Å²) in [6.45, 7) is 2.25. The number of fused-ring (bicyclic) bond motifs is 1. The van der Waals surface area contributed by atoms with E-state index in [1.54, 1.807) is 10.6 Å². The highest BCUT2D eigenvalue weighted by molar-refractivity contribution is 7.89. The maximum Gasteiger partial charge on any atom is 0.308 e. The zero-order valence-corrected chi connectivity index (χ0v) is 19.8. The molecule has 0 fully saturated rings. The number of hydrogen-bond donors (Lipinski definition) is 1. The van der Waals surface area contributed by atoms with Gasteiger partial charge in [0.05, 0.1) is 28.2 Å². The van der Waals surface area contributed by atoms with Gasteiger partial charge in [0.15, 0.2) is 0 Å². The molecular formula is C24H20N4O4S2. The lowest BCUT2D eigenvalue weighted by atomic mass is 10.1. The topological polar surface area (TPSA) is 107 Å². The van der Waals surface area contributed by atoms with Gasteiger partial charge in [-0.15, -0.1) is 0 Å². The Bertz CT molecular complexity index is 1620. The average Bonchev–Trinajstić information content (AvgIpc) is 3.43. The van der Waals surface area contributed by atoms with Crippen molar-refractivity contribution in [2.75, 3.05) is 0 Å². The summed E-state index contributed by atoms with van der Waals surface area (Å²) in [6, 6.07) is 21.9. The lowest BCUT2D eigenvalue weighted by Crippen LogP contribution is -2.23. The van der Waals surface area contributed by atoms with Crippen LogP contribution in [0.5, 0.6) is 0 Å². The van der Waals surface area contributed by atoms with E-state index in [1.807, 2.05) is 61.5 Å². The molecule has 0 saturated carbocycles. The van der Waals surface area contributed by atoms with E-state index in [0.717, 1.165) is 28.0 Å². The van der Waals surface area contributed by atoms with Crippen molar-refractivity contribution in [2.45, 2.75) is 24.9 Å². The second-order valence-electron chi connectivity index (χ2n) is 7.77. The molecule has 0 atom stereocenters. The predicted molar refractivity (Wildman–Crippen MR) is 130 cm³/mol. The zero-order chi connectivity index (χ0) is 23.7. The van der Waals surface area contributed by atoms with Crippen molar-refractivity contribution >= 4 is 31.6 Å². The van der Waals surface area contributed by atoms with Gasteiger partial charge in [-0.1, -0.05) is 76.7 Å². The molecule has 0 unspecified atom stereocenters. The lowest BCUT2D eigenvalue weighted by Gasteiger charge is -2.06. The van der Waals surface area contributed by atoms with Gasteiger partial charge in [-0.2, -0.15) is 4.98 Å². The standard InChI is InChI=1S/C24H20N4O4S2/c1-16-7-9-18(10-8-16)23-26-22(32-27-23)14-25-34(30,31)19-11-12-20-21(13-19)33-24(29)28(20)15-17-5-3-2-4-6-17/h2-13,25H,14-15H2,1H3. The molecule has 0 spiro atoms. The van der Waals surface area contributed by atoms with E-state index in [4.69, 9.17) is 4.52 Å². The Hall–Kier alpha value is -3.60. The van der Waals surface area contributed by atoms with E-state index in [-0.39, 0.29) is 22.2 Å². The third kappa shape index (κ3) is 4.56. The first kappa shape index (κ1) is 22.2. The van der Waals surface area contributed by atoms with Gasteiger partial charge < -0.3 is 4.52 Å². The Kier molecular flexibility index (Phi) is 5.86. The van der Waals surface area contributed by atoms with Crippen molar-refractivity contribution in [3.63, 3.8) is 0 Å². The number of rotatable bonds is 7. The van der Waals surface area contributed by atoms with Crippen molar-refractivity contribution in [3.8, 4) is 11.4 Å². The van der Waals surface area contributed by atoms with Crippen molar-refractivity contribution in [2.24, 2.45) is 0 Å². The monoisotopic (exact) mass is 492 g/mol. The fourth-order valence-corrected chi connectivity index (χ4v) is 5.52. The summed E-state index contributed by atoms with van der Waals surface area (Å²) in [4.78, 5) is 16.7. The third-order valence-corrected chi connectivity index (χ3v) is 7.67. The summed E-state index contributed by atoms with van der Waals surface area (Å²) in [6.07, 6.45) is 0. The lowest BCUT2D eigenvalue weighted by molar-refractivity contribution is 0.376. The number of aromatic nitrogens is 3. The molecule has 3 aromatic carbocycles. The molecule has 10 heteroatoms. The molecule has 5 aromatic rings. The highest BCUT2D eigenvalue weighted by Gasteiger charge is 2.19. The van der Waals surface area contributed by atoms with E-state index in [0.29, 0.717) is 22.6 Å². The second-order valence-corrected chi connectivity index (χ2v) is 10.5. The van der Waals surface area contributed by atoms with Gasteiger partial charge >= 0.3 is 4.87 Å². The smallest absolute Gasteiger partial charge is 0.308 e. The normalized spacial score (nSPS) is 11.8. The van der Waals surface area contributed by atoms with Crippen molar-refractivity contribution in [1.82, 2.24) is 19.4 Å². The molecule has 34 heavy (non-hydrogen) atoms. The molecular weight excluding hydrogens is 472 g/mol. The van der Waals surface area contributed by atoms with E-state index >= 15 is 0 Å². The Morgan fingerprint density at radius 3 is 2.56 bits per heavy atom. The predicted octanol–water partition coefficient (Wildman–Crippen LogP) is 3.95. The molecule has 2 heterocycles. The Morgan fingerprint density at radius 2 is 1.79 bits per heavy atom. The molecule has 172 valence electrons. The maximum atomic E-state index is 12.9. The van der Waals surface area contributed by atoms with E-state index in [2.05, 4.69) is 14.9 Å². The van der Waals surface area contributed by atoms with Gasteiger partial charge in [0, 0.05) is 5.56 Å². The molecule has 5 rings (SSSR count). The van der Waals surface area contributed by atoms with Crippen molar-refractivity contribution < 1.29 is 12.9 Å². The Balaban J connectivity index is 1.34. The van der Waals surface area contributed by atoms with Crippen LogP contribution < -0.4 is 9.60 Å². The minimum atomic E-state index is -3.86. The van der Waals surface area contributed by atoms with Crippen LogP contribution in [0.3, 0.4) is 0 Å². The van der Waals surface area contributed by atoms with Gasteiger partial charge in [0.2, 0.25) is 21.7 Å². The number of aryl methyl sites for hydroxylation is 1. The number of benzene rings is 3. The van der Waals surface area contributed by atoms with Crippen LogP contribution in [0.15, 0.2) is 87.0 Å². The van der Waals surface area contributed by atoms with Gasteiger partial charge in [-0.3, -0.25) is 9.36 Å². The molecule has 0 amide bonds. The molecule has 0 bridgehead atoms. The Morgan fingerprint density at radius 1 is 1.03 bits per heavy atom. The number of nitrogens with one attached hydrogen (secondary N) is 1. The highest BCUT2D eigenvalue weighted by Crippen LogP contribution is 2.23. The number of sulfonamides is 1. The first-order valence-corrected chi connectivity index (χ1v) is 12.8. The maximum absolute atomic E-state index is 12.9. The van der Waals surface area contributed by atoms with Gasteiger partial charge in [0.25, 0.3) is 0 Å². The van der Waals surface area contributed by atoms with E-state index in [9.17, 15) is 13.2 Å². The summed E-state index contributed by atoms with van der Waals surface area (Å²) in [5.74, 6) is 0.541. The van der Waals surface area contributed by atoms with E-state index < -0.39 is 10.0 Å². The fourth-order valence-electron chi connectivity index (χ4n) is 3.52. The SMILES string of the molecule is Cc1ccc(-c2noc(CNS(=O)(=O)c3ccc4c(c3)sc(=O)n4Cc3ccccc3)n2)cc1. The van der Waals surface area contributed by atoms with Crippen LogP contribution in [0.4, 0.5) is 0 Å². The van der Waals surface area contributed by atoms with Crippen LogP contribution >= 0.6 is 11.3 Å². The van der Waals surface area contributed by atoms with Gasteiger partial charge in [-0.05, 0) is 30.7 Å². The molecule has 0 radical (unpaired) electrons. The van der Waals surface area contributed by atoms with Crippen LogP contribution in [0, 0.1) is 6.92 Å². The van der Waals surface area contributed by atoms with Crippen LogP contribution in [0.2, 0.25) is 0 Å². The average molecular weight is 493 g/mol. The highest BCUT2D eigenvalue weighted by atomic mass is 32.2. The molecule has 0 aliphatic carbocycles. The summed E-state index contributed by atoms with van der Waals surface area (Å²) >= 11 is 1.02. The summed E-state index contributed by atoms with van der Waals surface area (Å²) in [5, 5.41) is 3.92. The van der Waals surface area contributed by atoms with Crippen LogP contribution in [0.25, 0.3) is 21.6 Å². The Labute approximate surface area is 199 Å². The number of nitrogens with zero attached hydrogens (tertiary/aromatic N) is 3. The molecule has 1 N–H and O–H groups in total. The first-order chi connectivity index (χ1) is 16.4. The zero-order valence-electron chi connectivity index (χ0n) is 18.1. The summed E-state index contributed by atoms with van der Waals surface area (Å²) in [5.41, 5.74) is 3.58. The first-order valence-electron chi connectivity index (χ1n) is 10.5. The number of thiazole rings is 1. The molecule has 0 aliphatic heterocycles. The summed E-state index contributed by atoms with van der Waals surface area (Å²) in [7, 11) is -3.86. The van der Waals surface area contributed by atoms with Crippen molar-refractivity contribution in [3.05, 3.63) is 99.5 Å². The largest absolute Gasteiger partial charge is 0.338 e. The summed E-state index contributed by atoms with van der Waals surface area (Å²) < 4.78 is 35.7. The van der Waals surface area contributed by atoms with Gasteiger partial charge in [-0.25, -0.2) is 13.1 Å². The third-order valence-electron chi connectivity index (χ3n) is 5.32. The van der Waals surface area contributed by atoms with Crippen LogP contribution in [-0.2, 0) is 23.1 Å². The molecule has 2 aromatic heterocycles. The fraction of sp³-hybridized carbons (Fsp3) is 0.125. The minimum absolute atomic E-state index is 0.0615. The number of hydrogen-bond acceptors (Lipinski definition) is 7. The van der Waals surface area contributed by atoms with Crippen molar-refractivity contribution in [1.29, 1.82) is 0 Å². The van der Waals surface area contributed by atoms with E-state index in [1.165, 1.54) is 12.1 Å². The second kappa shape index (κ2) is 8.98. The quantitative estimate of drug-likeness (QED) is 0.369. The van der Waals surface area contributed by atoms with Gasteiger partial charge in [0.1, 0.15) is 0 Å². The minimum Gasteiger partial charge on any atom is -0.338 e. The molecule has 0 aliphatic rings. The van der Waals surface area contributed by atoms with Crippen LogP contribution in [0.1, 0.15) is 17.0 Å². The molecule has 8 nitrogen and oxygen atoms in total. The van der Waals surface area contributed by atoms with Crippen LogP contribution in [-0.4, -0.2) is 23.1 Å².